The molecule has 0 saturated carbocycles. The maximum Gasteiger partial charge on any atom is 0.225 e. The summed E-state index contributed by atoms with van der Waals surface area (Å²) in [6.07, 6.45) is 8.64. The van der Waals surface area contributed by atoms with Crippen molar-refractivity contribution in [2.75, 3.05) is 53.0 Å². The third kappa shape index (κ3) is 5.67. The molecule has 7 nitrogen and oxygen atoms in total. The van der Waals surface area contributed by atoms with E-state index in [-0.39, 0.29) is 11.5 Å². The van der Waals surface area contributed by atoms with Gasteiger partial charge in [-0.1, -0.05) is 13.8 Å². The van der Waals surface area contributed by atoms with E-state index in [1.165, 1.54) is 25.9 Å². The molecular weight excluding hydrogens is 378 g/mol. The Morgan fingerprint density at radius 2 is 1.73 bits per heavy atom. The van der Waals surface area contributed by atoms with Crippen LogP contribution in [-0.2, 0) is 9.53 Å². The predicted molar refractivity (Wildman–Crippen MR) is 122 cm³/mol. The zero-order valence-corrected chi connectivity index (χ0v) is 19.4. The third-order valence-electron chi connectivity index (χ3n) is 7.49. The fourth-order valence-corrected chi connectivity index (χ4v) is 5.32. The topological polar surface area (TPSA) is 69.2 Å². The van der Waals surface area contributed by atoms with Crippen molar-refractivity contribution < 1.29 is 9.53 Å². The van der Waals surface area contributed by atoms with Crippen molar-refractivity contribution in [1.29, 1.82) is 0 Å². The number of hydrogen-bond donors (Lipinski definition) is 2. The Morgan fingerprint density at radius 3 is 2.30 bits per heavy atom. The molecule has 0 spiro atoms. The number of carbonyl (C=O) groups excluding carboxylic acids is 1. The van der Waals surface area contributed by atoms with Crippen molar-refractivity contribution in [3.05, 3.63) is 0 Å². The summed E-state index contributed by atoms with van der Waals surface area (Å²) in [5.41, 5.74) is 0.192. The van der Waals surface area contributed by atoms with E-state index in [9.17, 15) is 4.79 Å². The molecule has 3 heterocycles. The quantitative estimate of drug-likeness (QED) is 0.487. The molecule has 2 N–H and O–H groups in total. The highest BCUT2D eigenvalue weighted by atomic mass is 16.5. The lowest BCUT2D eigenvalue weighted by Gasteiger charge is -2.45. The second-order valence-corrected chi connectivity index (χ2v) is 9.21. The van der Waals surface area contributed by atoms with Crippen molar-refractivity contribution in [1.82, 2.24) is 20.4 Å². The van der Waals surface area contributed by atoms with Crippen LogP contribution in [0.2, 0.25) is 0 Å². The van der Waals surface area contributed by atoms with Crippen LogP contribution in [0.5, 0.6) is 0 Å². The molecule has 0 radical (unpaired) electrons. The molecule has 3 saturated heterocycles. The second kappa shape index (κ2) is 11.3. The number of aliphatic imine (C=N–C) groups is 1. The number of likely N-dealkylation sites (tertiary alicyclic amines) is 2. The summed E-state index contributed by atoms with van der Waals surface area (Å²) in [6, 6.07) is 0.374. The van der Waals surface area contributed by atoms with Crippen LogP contribution in [0.3, 0.4) is 0 Å². The normalized spacial score (nSPS) is 23.7. The molecule has 0 aromatic carbocycles. The largest absolute Gasteiger partial charge is 0.381 e. The molecule has 3 aliphatic rings. The number of rotatable bonds is 7. The van der Waals surface area contributed by atoms with Gasteiger partial charge < -0.3 is 20.3 Å². The summed E-state index contributed by atoms with van der Waals surface area (Å²) in [4.78, 5) is 21.9. The Bertz CT molecular complexity index is 558. The van der Waals surface area contributed by atoms with E-state index in [2.05, 4.69) is 39.3 Å². The molecule has 0 unspecified atom stereocenters. The number of nitrogens with one attached hydrogen (secondary N) is 2. The third-order valence-corrected chi connectivity index (χ3v) is 7.49. The van der Waals surface area contributed by atoms with Crippen LogP contribution in [0.4, 0.5) is 0 Å². The highest BCUT2D eigenvalue weighted by Gasteiger charge is 2.39. The van der Waals surface area contributed by atoms with Gasteiger partial charge in [-0.15, -0.1) is 0 Å². The minimum atomic E-state index is 0.185. The van der Waals surface area contributed by atoms with E-state index in [4.69, 9.17) is 4.74 Å². The molecule has 0 bridgehead atoms. The molecular formula is C23H43N5O2. The van der Waals surface area contributed by atoms with Gasteiger partial charge in [0.05, 0.1) is 0 Å². The molecule has 0 aromatic heterocycles. The van der Waals surface area contributed by atoms with Crippen molar-refractivity contribution in [2.45, 2.75) is 76.8 Å². The van der Waals surface area contributed by atoms with Crippen molar-refractivity contribution in [3.8, 4) is 0 Å². The standard InChI is InChI=1S/C23H43N5O2/c1-4-19(5-2)21(29)27-14-8-20(9-15-27)26-22(24-3)25-18-23(10-16-30-17-11-23)28-12-6-7-13-28/h19-20H,4-18H2,1-3H3,(H2,24,25,26). The maximum atomic E-state index is 12.6. The van der Waals surface area contributed by atoms with Gasteiger partial charge in [-0.3, -0.25) is 14.7 Å². The number of guanidine groups is 1. The molecule has 3 aliphatic heterocycles. The minimum absolute atomic E-state index is 0.185. The van der Waals surface area contributed by atoms with E-state index >= 15 is 0 Å². The number of nitrogens with zero attached hydrogens (tertiary/aromatic N) is 3. The minimum Gasteiger partial charge on any atom is -0.381 e. The Hall–Kier alpha value is -1.34. The molecule has 0 aromatic rings. The SMILES string of the molecule is CCC(CC)C(=O)N1CCC(NC(=NC)NCC2(N3CCCC3)CCOCC2)CC1. The number of ether oxygens (including phenoxy) is 1. The highest BCUT2D eigenvalue weighted by molar-refractivity contribution is 5.80. The summed E-state index contributed by atoms with van der Waals surface area (Å²) in [6.45, 7) is 11.0. The Morgan fingerprint density at radius 1 is 1.10 bits per heavy atom. The monoisotopic (exact) mass is 421 g/mol. The average molecular weight is 422 g/mol. The van der Waals surface area contributed by atoms with Gasteiger partial charge >= 0.3 is 0 Å². The fraction of sp³-hybridized carbons (Fsp3) is 0.913. The van der Waals surface area contributed by atoms with Crippen LogP contribution < -0.4 is 10.6 Å². The van der Waals surface area contributed by atoms with E-state index < -0.39 is 0 Å². The summed E-state index contributed by atoms with van der Waals surface area (Å²) >= 11 is 0. The van der Waals surface area contributed by atoms with Gasteiger partial charge in [0.15, 0.2) is 5.96 Å². The molecule has 0 atom stereocenters. The van der Waals surface area contributed by atoms with Gasteiger partial charge in [-0.25, -0.2) is 0 Å². The first-order valence-electron chi connectivity index (χ1n) is 12.2. The van der Waals surface area contributed by atoms with Crippen LogP contribution in [0.1, 0.15) is 65.2 Å². The van der Waals surface area contributed by atoms with E-state index in [1.54, 1.807) is 0 Å². The maximum absolute atomic E-state index is 12.6. The molecule has 3 rings (SSSR count). The smallest absolute Gasteiger partial charge is 0.225 e. The lowest BCUT2D eigenvalue weighted by atomic mass is 9.88. The molecule has 3 fully saturated rings. The van der Waals surface area contributed by atoms with Crippen molar-refractivity contribution in [3.63, 3.8) is 0 Å². The molecule has 7 heteroatoms. The summed E-state index contributed by atoms with van der Waals surface area (Å²) in [5, 5.41) is 7.26. The van der Waals surface area contributed by atoms with Gasteiger partial charge in [0.25, 0.3) is 0 Å². The van der Waals surface area contributed by atoms with Gasteiger partial charge in [0.1, 0.15) is 0 Å². The van der Waals surface area contributed by atoms with Crippen molar-refractivity contribution in [2.24, 2.45) is 10.9 Å². The van der Waals surface area contributed by atoms with E-state index in [1.807, 2.05) is 7.05 Å². The number of amides is 1. The Kier molecular flexibility index (Phi) is 8.81. The number of hydrogen-bond acceptors (Lipinski definition) is 4. The molecule has 1 amide bonds. The average Bonchev–Trinajstić information content (AvgIpc) is 3.34. The first-order valence-corrected chi connectivity index (χ1v) is 12.2. The van der Waals surface area contributed by atoms with Gasteiger partial charge in [-0.2, -0.15) is 0 Å². The first-order chi connectivity index (χ1) is 14.6. The first kappa shape index (κ1) is 23.3. The van der Waals surface area contributed by atoms with E-state index in [0.717, 1.165) is 77.3 Å². The molecule has 30 heavy (non-hydrogen) atoms. The number of piperidine rings is 1. The van der Waals surface area contributed by atoms with Crippen LogP contribution in [0, 0.1) is 5.92 Å². The van der Waals surface area contributed by atoms with Crippen LogP contribution >= 0.6 is 0 Å². The predicted octanol–water partition coefficient (Wildman–Crippen LogP) is 2.22. The second-order valence-electron chi connectivity index (χ2n) is 9.21. The van der Waals surface area contributed by atoms with Crippen LogP contribution in [0.15, 0.2) is 4.99 Å². The van der Waals surface area contributed by atoms with Crippen LogP contribution in [0.25, 0.3) is 0 Å². The van der Waals surface area contributed by atoms with Gasteiger partial charge in [0, 0.05) is 57.4 Å². The molecule has 0 aliphatic carbocycles. The highest BCUT2D eigenvalue weighted by Crippen LogP contribution is 2.30. The number of carbonyl (C=O) groups is 1. The lowest BCUT2D eigenvalue weighted by Crippen LogP contribution is -2.59. The summed E-state index contributed by atoms with van der Waals surface area (Å²) < 4.78 is 5.67. The van der Waals surface area contributed by atoms with Gasteiger partial charge in [-0.05, 0) is 64.5 Å². The van der Waals surface area contributed by atoms with Gasteiger partial charge in [0.2, 0.25) is 5.91 Å². The molecule has 172 valence electrons. The fourth-order valence-electron chi connectivity index (χ4n) is 5.32. The summed E-state index contributed by atoms with van der Waals surface area (Å²) in [7, 11) is 1.85. The summed E-state index contributed by atoms with van der Waals surface area (Å²) in [5.74, 6) is 1.42. The van der Waals surface area contributed by atoms with Crippen LogP contribution in [-0.4, -0.2) is 86.2 Å². The zero-order chi connectivity index (χ0) is 21.4. The van der Waals surface area contributed by atoms with E-state index in [0.29, 0.717) is 11.9 Å². The van der Waals surface area contributed by atoms with Crippen molar-refractivity contribution >= 4 is 11.9 Å². The Balaban J connectivity index is 1.48. The zero-order valence-electron chi connectivity index (χ0n) is 19.4. The lowest BCUT2D eigenvalue weighted by molar-refractivity contribution is -0.136. The Labute approximate surface area is 183 Å².